The molecule has 0 bridgehead atoms. The Bertz CT molecular complexity index is 845. The van der Waals surface area contributed by atoms with E-state index in [0.717, 1.165) is 48.0 Å². The molecule has 0 amide bonds. The summed E-state index contributed by atoms with van der Waals surface area (Å²) in [6.45, 7) is 6.17. The molecular formula is C23H33IN4O3. The lowest BCUT2D eigenvalue weighted by Crippen LogP contribution is -2.30. The minimum absolute atomic E-state index is 0. The third-order valence-electron chi connectivity index (χ3n) is 4.53. The number of halogens is 1. The lowest BCUT2D eigenvalue weighted by molar-refractivity contribution is 0.259. The fourth-order valence-electron chi connectivity index (χ4n) is 2.96. The van der Waals surface area contributed by atoms with Gasteiger partial charge in [-0.2, -0.15) is 0 Å². The van der Waals surface area contributed by atoms with Crippen molar-refractivity contribution >= 4 is 35.6 Å². The van der Waals surface area contributed by atoms with Crippen LogP contribution in [0.5, 0.6) is 17.2 Å². The maximum absolute atomic E-state index is 5.95. The van der Waals surface area contributed by atoms with Crippen molar-refractivity contribution in [2.75, 3.05) is 52.3 Å². The predicted molar refractivity (Wildman–Crippen MR) is 136 cm³/mol. The zero-order valence-electron chi connectivity index (χ0n) is 18.5. The first-order valence-corrected chi connectivity index (χ1v) is 10.5. The van der Waals surface area contributed by atoms with Crippen LogP contribution in [-0.2, 0) is 6.54 Å². The summed E-state index contributed by atoms with van der Waals surface area (Å²) in [4.78, 5) is 6.85. The summed E-state index contributed by atoms with van der Waals surface area (Å²) in [5, 5.41) is 6.64. The summed E-state index contributed by atoms with van der Waals surface area (Å²) in [5.74, 6) is 3.11. The molecule has 1 aliphatic heterocycles. The summed E-state index contributed by atoms with van der Waals surface area (Å²) in [7, 11) is 4.07. The Morgan fingerprint density at radius 1 is 1.10 bits per heavy atom. The van der Waals surface area contributed by atoms with E-state index in [-0.39, 0.29) is 24.0 Å². The molecular weight excluding hydrogens is 507 g/mol. The number of hydrogen-bond acceptors (Lipinski definition) is 5. The van der Waals surface area contributed by atoms with Crippen LogP contribution in [0.15, 0.2) is 47.5 Å². The van der Waals surface area contributed by atoms with E-state index in [2.05, 4.69) is 15.5 Å². The van der Waals surface area contributed by atoms with Gasteiger partial charge in [0.15, 0.2) is 17.5 Å². The van der Waals surface area contributed by atoms with Crippen LogP contribution in [0.2, 0.25) is 0 Å². The average molecular weight is 540 g/mol. The van der Waals surface area contributed by atoms with Crippen molar-refractivity contribution < 1.29 is 14.2 Å². The van der Waals surface area contributed by atoms with Gasteiger partial charge in [-0.15, -0.1) is 24.0 Å². The highest BCUT2D eigenvalue weighted by molar-refractivity contribution is 14.0. The molecule has 2 aromatic carbocycles. The Hall–Kier alpha value is -2.20. The minimum Gasteiger partial charge on any atom is -0.492 e. The van der Waals surface area contributed by atoms with Gasteiger partial charge in [0.2, 0.25) is 0 Å². The van der Waals surface area contributed by atoms with E-state index < -0.39 is 0 Å². The van der Waals surface area contributed by atoms with Gasteiger partial charge in [-0.05, 0) is 39.2 Å². The Kier molecular flexibility index (Phi) is 10.7. The number of nitrogens with zero attached hydrogens (tertiary/aromatic N) is 2. The van der Waals surface area contributed by atoms with E-state index in [1.54, 1.807) is 0 Å². The number of ether oxygens (including phenoxy) is 3. The molecule has 1 heterocycles. The summed E-state index contributed by atoms with van der Waals surface area (Å²) >= 11 is 0. The monoisotopic (exact) mass is 540 g/mol. The van der Waals surface area contributed by atoms with Gasteiger partial charge in [0, 0.05) is 36.8 Å². The fourth-order valence-corrected chi connectivity index (χ4v) is 2.96. The number of anilines is 1. The van der Waals surface area contributed by atoms with Crippen LogP contribution in [-0.4, -0.2) is 57.9 Å². The van der Waals surface area contributed by atoms with Crippen LogP contribution in [0.1, 0.15) is 18.9 Å². The molecule has 0 spiro atoms. The van der Waals surface area contributed by atoms with Gasteiger partial charge < -0.3 is 29.7 Å². The maximum atomic E-state index is 5.95. The van der Waals surface area contributed by atoms with Crippen LogP contribution in [0.25, 0.3) is 0 Å². The molecule has 0 aromatic heterocycles. The molecule has 8 heteroatoms. The topological polar surface area (TPSA) is 67.4 Å². The SMILES string of the molecule is CCNC(=NCc1ccccc1OCCN(C)C)Nc1ccc2c(c1)OCCCO2.I. The first-order chi connectivity index (χ1) is 14.7. The third-order valence-corrected chi connectivity index (χ3v) is 4.53. The van der Waals surface area contributed by atoms with Crippen LogP contribution < -0.4 is 24.8 Å². The maximum Gasteiger partial charge on any atom is 0.196 e. The fraction of sp³-hybridized carbons (Fsp3) is 0.435. The molecule has 0 saturated carbocycles. The second-order valence-electron chi connectivity index (χ2n) is 7.29. The van der Waals surface area contributed by atoms with Gasteiger partial charge in [0.25, 0.3) is 0 Å². The van der Waals surface area contributed by atoms with E-state index in [1.165, 1.54) is 0 Å². The average Bonchev–Trinajstić information content (AvgIpc) is 2.98. The zero-order chi connectivity index (χ0) is 21.2. The summed E-state index contributed by atoms with van der Waals surface area (Å²) in [6, 6.07) is 13.9. The van der Waals surface area contributed by atoms with Gasteiger partial charge in [-0.3, -0.25) is 0 Å². The Morgan fingerprint density at radius 2 is 1.87 bits per heavy atom. The quantitative estimate of drug-likeness (QED) is 0.300. The van der Waals surface area contributed by atoms with Crippen LogP contribution in [0, 0.1) is 0 Å². The van der Waals surface area contributed by atoms with Gasteiger partial charge >= 0.3 is 0 Å². The first kappa shape index (κ1) is 25.1. The predicted octanol–water partition coefficient (Wildman–Crippen LogP) is 3.98. The Balaban J connectivity index is 0.00000341. The molecule has 0 aliphatic carbocycles. The first-order valence-electron chi connectivity index (χ1n) is 10.5. The molecule has 7 nitrogen and oxygen atoms in total. The third kappa shape index (κ3) is 8.10. The van der Waals surface area contributed by atoms with Gasteiger partial charge in [0.05, 0.1) is 19.8 Å². The highest BCUT2D eigenvalue weighted by atomic mass is 127. The van der Waals surface area contributed by atoms with Crippen LogP contribution in [0.3, 0.4) is 0 Å². The molecule has 0 unspecified atom stereocenters. The molecule has 170 valence electrons. The van der Waals surface area contributed by atoms with E-state index in [0.29, 0.717) is 32.3 Å². The van der Waals surface area contributed by atoms with E-state index >= 15 is 0 Å². The number of aliphatic imine (C=N–C) groups is 1. The second kappa shape index (κ2) is 13.3. The van der Waals surface area contributed by atoms with E-state index in [4.69, 9.17) is 19.2 Å². The van der Waals surface area contributed by atoms with Crippen LogP contribution >= 0.6 is 24.0 Å². The lowest BCUT2D eigenvalue weighted by Gasteiger charge is -2.15. The summed E-state index contributed by atoms with van der Waals surface area (Å²) < 4.78 is 17.4. The highest BCUT2D eigenvalue weighted by Gasteiger charge is 2.11. The number of fused-ring (bicyclic) bond motifs is 1. The normalized spacial score (nSPS) is 13.2. The van der Waals surface area contributed by atoms with Crippen molar-refractivity contribution in [2.24, 2.45) is 4.99 Å². The van der Waals surface area contributed by atoms with Crippen molar-refractivity contribution in [3.63, 3.8) is 0 Å². The molecule has 0 radical (unpaired) electrons. The Labute approximate surface area is 202 Å². The zero-order valence-corrected chi connectivity index (χ0v) is 20.8. The van der Waals surface area contributed by atoms with Gasteiger partial charge in [-0.1, -0.05) is 18.2 Å². The number of nitrogens with one attached hydrogen (secondary N) is 2. The second-order valence-corrected chi connectivity index (χ2v) is 7.29. The number of hydrogen-bond donors (Lipinski definition) is 2. The molecule has 0 atom stereocenters. The Morgan fingerprint density at radius 3 is 2.65 bits per heavy atom. The standard InChI is InChI=1S/C23H32N4O3.HI/c1-4-24-23(26-19-10-11-21-22(16-19)29-14-7-13-28-21)25-17-18-8-5-6-9-20(18)30-15-12-27(2)3;/h5-6,8-11,16H,4,7,12-15,17H2,1-3H3,(H2,24,25,26);1H. The smallest absolute Gasteiger partial charge is 0.196 e. The lowest BCUT2D eigenvalue weighted by atomic mass is 10.2. The molecule has 2 aromatic rings. The van der Waals surface area contributed by atoms with Crippen molar-refractivity contribution in [1.82, 2.24) is 10.2 Å². The van der Waals surface area contributed by atoms with Gasteiger partial charge in [-0.25, -0.2) is 4.99 Å². The molecule has 31 heavy (non-hydrogen) atoms. The minimum atomic E-state index is 0. The molecule has 2 N–H and O–H groups in total. The van der Waals surface area contributed by atoms with Crippen molar-refractivity contribution in [3.05, 3.63) is 48.0 Å². The number of likely N-dealkylation sites (N-methyl/N-ethyl adjacent to an activating group) is 1. The van der Waals surface area contributed by atoms with Crippen molar-refractivity contribution in [3.8, 4) is 17.2 Å². The van der Waals surface area contributed by atoms with Gasteiger partial charge in [0.1, 0.15) is 12.4 Å². The van der Waals surface area contributed by atoms with E-state index in [9.17, 15) is 0 Å². The van der Waals surface area contributed by atoms with Crippen molar-refractivity contribution in [1.29, 1.82) is 0 Å². The number of rotatable bonds is 8. The molecule has 1 aliphatic rings. The number of guanidine groups is 1. The van der Waals surface area contributed by atoms with E-state index in [1.807, 2.05) is 63.5 Å². The molecule has 0 saturated heterocycles. The summed E-state index contributed by atoms with van der Waals surface area (Å²) in [5.41, 5.74) is 1.95. The molecule has 0 fully saturated rings. The summed E-state index contributed by atoms with van der Waals surface area (Å²) in [6.07, 6.45) is 0.886. The van der Waals surface area contributed by atoms with Crippen molar-refractivity contribution in [2.45, 2.75) is 19.9 Å². The number of benzene rings is 2. The highest BCUT2D eigenvalue weighted by Crippen LogP contribution is 2.32. The largest absolute Gasteiger partial charge is 0.492 e. The molecule has 3 rings (SSSR count). The number of para-hydroxylation sites is 1. The van der Waals surface area contributed by atoms with Crippen LogP contribution in [0.4, 0.5) is 5.69 Å².